The zero-order chi connectivity index (χ0) is 45.1. The minimum atomic E-state index is -5.13. The zero-order valence-electron chi connectivity index (χ0n) is 35.2. The lowest BCUT2D eigenvalue weighted by atomic mass is 9.82. The number of fused-ring (bicyclic) bond motifs is 5. The molecule has 3 fully saturated rings. The lowest BCUT2D eigenvalue weighted by molar-refractivity contribution is -0.222. The molecule has 7 atom stereocenters. The Kier molecular flexibility index (Phi) is 12.1. The van der Waals surface area contributed by atoms with Crippen LogP contribution < -0.4 is 24.2 Å². The van der Waals surface area contributed by atoms with E-state index in [-0.39, 0.29) is 59.4 Å². The first-order valence-corrected chi connectivity index (χ1v) is 22.6. The summed E-state index contributed by atoms with van der Waals surface area (Å²) in [6, 6.07) is -0.857. The van der Waals surface area contributed by atoms with Crippen LogP contribution >= 0.6 is 0 Å². The smallest absolute Gasteiger partial charge is 0.411 e. The average molecular weight is 896 g/mol. The summed E-state index contributed by atoms with van der Waals surface area (Å²) in [6.45, 7) is 4.73. The van der Waals surface area contributed by atoms with Gasteiger partial charge >= 0.3 is 12.3 Å². The highest BCUT2D eigenvalue weighted by molar-refractivity contribution is 7.91. The molecule has 3 N–H and O–H groups in total. The van der Waals surface area contributed by atoms with Gasteiger partial charge in [0.2, 0.25) is 33.6 Å². The van der Waals surface area contributed by atoms with E-state index in [4.69, 9.17) is 14.2 Å². The van der Waals surface area contributed by atoms with Crippen LogP contribution in [0.15, 0.2) is 24.3 Å². The molecule has 0 radical (unpaired) electrons. The number of sulfonamides is 1. The van der Waals surface area contributed by atoms with Gasteiger partial charge in [-0.1, -0.05) is 32.4 Å². The van der Waals surface area contributed by atoms with Crippen molar-refractivity contribution in [2.24, 2.45) is 17.8 Å². The Labute approximate surface area is 356 Å². The van der Waals surface area contributed by atoms with Gasteiger partial charge in [-0.15, -0.1) is 0 Å². The quantitative estimate of drug-likeness (QED) is 0.209. The molecule has 5 aliphatic rings. The van der Waals surface area contributed by atoms with Crippen molar-refractivity contribution in [2.75, 3.05) is 20.3 Å². The maximum atomic E-state index is 15.3. The minimum absolute atomic E-state index is 0.0184. The van der Waals surface area contributed by atoms with Gasteiger partial charge in [0.15, 0.2) is 11.6 Å². The van der Waals surface area contributed by atoms with Gasteiger partial charge in [0, 0.05) is 23.3 Å². The number of alkyl halides is 3. The summed E-state index contributed by atoms with van der Waals surface area (Å²) in [6.07, 6.45) is -1.97. The fraction of sp³-hybridized carbons (Fsp3) is 0.643. The number of pyridine rings is 1. The van der Waals surface area contributed by atoms with Crippen LogP contribution in [-0.4, -0.2) is 113 Å². The number of aromatic nitrogens is 1. The number of nitrogens with one attached hydrogen (secondary N) is 2. The second-order valence-corrected chi connectivity index (χ2v) is 19.7. The third kappa shape index (κ3) is 8.46. The number of hydrogen-bond donors (Lipinski definition) is 3. The van der Waals surface area contributed by atoms with Crippen molar-refractivity contribution in [2.45, 2.75) is 133 Å². The maximum Gasteiger partial charge on any atom is 0.411 e. The number of carboxylic acid groups (broad SMARTS) is 1. The maximum absolute atomic E-state index is 15.3. The van der Waals surface area contributed by atoms with Crippen molar-refractivity contribution in [3.8, 4) is 17.5 Å². The van der Waals surface area contributed by atoms with Crippen LogP contribution in [0, 0.1) is 23.6 Å². The van der Waals surface area contributed by atoms with E-state index in [0.29, 0.717) is 69.9 Å². The summed E-state index contributed by atoms with van der Waals surface area (Å²) in [5.74, 6) is -5.51. The van der Waals surface area contributed by atoms with E-state index in [1.54, 1.807) is 19.1 Å². The third-order valence-electron chi connectivity index (χ3n) is 13.1. The van der Waals surface area contributed by atoms with Crippen molar-refractivity contribution in [1.82, 2.24) is 24.8 Å². The summed E-state index contributed by atoms with van der Waals surface area (Å²) in [5, 5.41) is 13.3. The standard InChI is InChI=1S/C42H53F4N5O10S/c1-6-23-16-22(2)10-7-8-11-24-20-41(24,38(54)49-62(57,58)26-13-14-26)48-34(52)31-17-25(21-50(31)37(53)33(23)51(39(55)56)40(3,4)42(44,45)46)61-36-29-18-30(43)32(59-5)19-28(29)27-12-9-15-60-35(27)47-36/h8,11,18-19,22-26,31,33H,6-7,9-10,12-17,20-21H2,1-5H3,(H,48,52)(H,49,54)(H,55,56)/t22-,23-,24-,25-,31+,33+,41-/m1/s1. The second kappa shape index (κ2) is 16.7. The molecule has 62 heavy (non-hydrogen) atoms. The highest BCUT2D eigenvalue weighted by Crippen LogP contribution is 2.47. The van der Waals surface area contributed by atoms with E-state index in [0.717, 1.165) is 4.90 Å². The fourth-order valence-electron chi connectivity index (χ4n) is 9.17. The van der Waals surface area contributed by atoms with Crippen molar-refractivity contribution < 1.29 is 64.5 Å². The first-order chi connectivity index (χ1) is 29.1. The van der Waals surface area contributed by atoms with Crippen LogP contribution in [0.5, 0.6) is 17.5 Å². The molecule has 3 aliphatic heterocycles. The van der Waals surface area contributed by atoms with Crippen LogP contribution in [0.25, 0.3) is 10.8 Å². The number of hydrogen-bond acceptors (Lipinski definition) is 10. The minimum Gasteiger partial charge on any atom is -0.494 e. The molecule has 0 spiro atoms. The Hall–Kier alpha value is -4.88. The molecular weight excluding hydrogens is 843 g/mol. The van der Waals surface area contributed by atoms with Gasteiger partial charge in [-0.25, -0.2) is 17.6 Å². The molecule has 0 bridgehead atoms. The SMILES string of the molecule is CC[C@@H]1C[C@H](C)CCC=C[C@@H]2C[C@@]2(C(=O)NS(=O)(=O)C2CC2)NC(=O)[C@@H]2C[C@@H](Oc3nc4c(c5cc(OC)c(F)cc35)CCCO4)CN2C(=O)[C@H]1N(C(=O)O)C(C)(C)C(F)(F)F. The van der Waals surface area contributed by atoms with E-state index in [9.17, 15) is 41.1 Å². The normalized spacial score (nSPS) is 28.3. The predicted octanol–water partition coefficient (Wildman–Crippen LogP) is 5.63. The van der Waals surface area contributed by atoms with Gasteiger partial charge in [-0.3, -0.25) is 24.0 Å². The van der Waals surface area contributed by atoms with Gasteiger partial charge in [0.05, 0.1) is 25.5 Å². The molecular formula is C42H53F4N5O10S. The van der Waals surface area contributed by atoms with Crippen LogP contribution in [0.4, 0.5) is 22.4 Å². The molecule has 340 valence electrons. The molecule has 20 heteroatoms. The Balaban J connectivity index is 1.33. The molecule has 15 nitrogen and oxygen atoms in total. The molecule has 2 saturated carbocycles. The predicted molar refractivity (Wildman–Crippen MR) is 215 cm³/mol. The Morgan fingerprint density at radius 3 is 2.52 bits per heavy atom. The highest BCUT2D eigenvalue weighted by Gasteiger charge is 2.63. The van der Waals surface area contributed by atoms with Gasteiger partial charge in [0.1, 0.15) is 29.3 Å². The lowest BCUT2D eigenvalue weighted by Gasteiger charge is -2.46. The number of carbonyl (C=O) groups excluding carboxylic acids is 3. The number of benzene rings is 1. The first-order valence-electron chi connectivity index (χ1n) is 21.1. The van der Waals surface area contributed by atoms with Crippen molar-refractivity contribution in [1.29, 1.82) is 0 Å². The van der Waals surface area contributed by atoms with Crippen LogP contribution in [0.1, 0.15) is 91.0 Å². The second-order valence-electron chi connectivity index (χ2n) is 17.8. The molecule has 1 aromatic heterocycles. The van der Waals surface area contributed by atoms with Gasteiger partial charge in [-0.2, -0.15) is 18.2 Å². The molecule has 7 rings (SSSR count). The molecule has 2 aliphatic carbocycles. The van der Waals surface area contributed by atoms with Crippen LogP contribution in [-0.2, 0) is 30.8 Å². The largest absolute Gasteiger partial charge is 0.494 e. The van der Waals surface area contributed by atoms with Crippen LogP contribution in [0.3, 0.4) is 0 Å². The lowest BCUT2D eigenvalue weighted by Crippen LogP contribution is -2.66. The van der Waals surface area contributed by atoms with Crippen LogP contribution in [0.2, 0.25) is 0 Å². The molecule has 0 unspecified atom stereocenters. The number of amides is 4. The summed E-state index contributed by atoms with van der Waals surface area (Å²) in [7, 11) is -2.75. The van der Waals surface area contributed by atoms with E-state index < -0.39 is 98.7 Å². The third-order valence-corrected chi connectivity index (χ3v) is 14.9. The van der Waals surface area contributed by atoms with Crippen molar-refractivity contribution >= 4 is 44.6 Å². The first kappa shape index (κ1) is 45.2. The van der Waals surface area contributed by atoms with Gasteiger partial charge in [-0.05, 0) is 94.6 Å². The Morgan fingerprint density at radius 1 is 1.15 bits per heavy atom. The molecule has 1 saturated heterocycles. The molecule has 4 heterocycles. The molecule has 1 aromatic carbocycles. The average Bonchev–Trinajstić information content (AvgIpc) is 4.13. The van der Waals surface area contributed by atoms with Crippen molar-refractivity contribution in [3.05, 3.63) is 35.7 Å². The Bertz CT molecular complexity index is 2270. The number of carbonyl (C=O) groups is 4. The van der Waals surface area contributed by atoms with Crippen molar-refractivity contribution in [3.63, 3.8) is 0 Å². The molecule has 4 amide bonds. The number of halogens is 4. The van der Waals surface area contributed by atoms with E-state index in [1.165, 1.54) is 19.2 Å². The van der Waals surface area contributed by atoms with Gasteiger partial charge < -0.3 is 29.5 Å². The topological polar surface area (TPSA) is 194 Å². The summed E-state index contributed by atoms with van der Waals surface area (Å²) < 4.78 is 105. The summed E-state index contributed by atoms with van der Waals surface area (Å²) in [4.78, 5) is 62.6. The number of methoxy groups -OCH3 is 1. The van der Waals surface area contributed by atoms with E-state index in [1.807, 2.05) is 6.92 Å². The number of aryl methyl sites for hydroxylation is 1. The highest BCUT2D eigenvalue weighted by atomic mass is 32.2. The number of allylic oxidation sites excluding steroid dienone is 1. The zero-order valence-corrected chi connectivity index (χ0v) is 36.0. The number of nitrogens with zero attached hydrogens (tertiary/aromatic N) is 3. The number of ether oxygens (including phenoxy) is 3. The Morgan fingerprint density at radius 2 is 1.87 bits per heavy atom. The monoisotopic (exact) mass is 895 g/mol. The molecule has 2 aromatic rings. The van der Waals surface area contributed by atoms with Gasteiger partial charge in [0.25, 0.3) is 5.91 Å². The summed E-state index contributed by atoms with van der Waals surface area (Å²) >= 11 is 0. The number of rotatable bonds is 9. The van der Waals surface area contributed by atoms with E-state index >= 15 is 9.18 Å². The summed E-state index contributed by atoms with van der Waals surface area (Å²) in [5.41, 5.74) is -4.16. The fourth-order valence-corrected chi connectivity index (χ4v) is 10.5. The van der Waals surface area contributed by atoms with E-state index in [2.05, 4.69) is 15.0 Å².